The van der Waals surface area contributed by atoms with Gasteiger partial charge in [0.25, 0.3) is 11.8 Å². The van der Waals surface area contributed by atoms with Crippen LogP contribution in [-0.4, -0.2) is 55.7 Å². The number of carboxylic acid groups (broad SMARTS) is 1. The second kappa shape index (κ2) is 6.33. The number of nitrogens with one attached hydrogen (secondary N) is 2. The zero-order chi connectivity index (χ0) is 18.3. The van der Waals surface area contributed by atoms with Gasteiger partial charge in [0.15, 0.2) is 5.13 Å². The van der Waals surface area contributed by atoms with Crippen molar-refractivity contribution in [3.63, 3.8) is 0 Å². The van der Waals surface area contributed by atoms with E-state index >= 15 is 0 Å². The zero-order valence-electron chi connectivity index (χ0n) is 12.7. The summed E-state index contributed by atoms with van der Waals surface area (Å²) in [5, 5.41) is 20.8. The maximum Gasteiger partial charge on any atom is 0.352 e. The predicted molar refractivity (Wildman–Crippen MR) is 93.2 cm³/mol. The molecule has 25 heavy (non-hydrogen) atoms. The highest BCUT2D eigenvalue weighted by atomic mass is 32.2. The summed E-state index contributed by atoms with van der Waals surface area (Å²) in [7, 11) is 0. The quantitative estimate of drug-likeness (QED) is 0.416. The third kappa shape index (κ3) is 2.81. The third-order valence-electron chi connectivity index (χ3n) is 3.74. The molecule has 0 bridgehead atoms. The number of carbonyl (C=O) groups excluding carboxylic acids is 2. The Bertz CT molecular complexity index is 846. The predicted octanol–water partition coefficient (Wildman–Crippen LogP) is 0.0178. The van der Waals surface area contributed by atoms with Gasteiger partial charge >= 0.3 is 5.97 Å². The molecule has 3 heterocycles. The van der Waals surface area contributed by atoms with Gasteiger partial charge in [0.2, 0.25) is 0 Å². The van der Waals surface area contributed by atoms with Gasteiger partial charge in [-0.25, -0.2) is 9.78 Å². The number of nitrogen functional groups attached to an aromatic ring is 1. The van der Waals surface area contributed by atoms with Gasteiger partial charge in [0.05, 0.1) is 0 Å². The van der Waals surface area contributed by atoms with Gasteiger partial charge in [-0.15, -0.1) is 23.1 Å². The fraction of sp³-hybridized carbons (Fsp3) is 0.214. The number of hydrogen-bond donors (Lipinski definition) is 4. The monoisotopic (exact) mass is 379 g/mol. The Hall–Kier alpha value is -2.66. The van der Waals surface area contributed by atoms with Crippen LogP contribution in [0.5, 0.6) is 0 Å². The summed E-state index contributed by atoms with van der Waals surface area (Å²) in [6.07, 6.45) is 1.41. The molecule has 0 saturated carbocycles. The number of hydrogen-bond acceptors (Lipinski definition) is 8. The van der Waals surface area contributed by atoms with Gasteiger partial charge in [-0.2, -0.15) is 0 Å². The molecular formula is C14H13N5O4S2. The van der Waals surface area contributed by atoms with Crippen LogP contribution in [0.4, 0.5) is 5.13 Å². The Kier molecular flexibility index (Phi) is 4.35. The number of anilines is 1. The lowest BCUT2D eigenvalue weighted by Gasteiger charge is -2.49. The van der Waals surface area contributed by atoms with Crippen LogP contribution in [0.1, 0.15) is 5.69 Å². The summed E-state index contributed by atoms with van der Waals surface area (Å²) < 4.78 is 0. The smallest absolute Gasteiger partial charge is 0.352 e. The van der Waals surface area contributed by atoms with Crippen molar-refractivity contribution >= 4 is 51.7 Å². The van der Waals surface area contributed by atoms with Crippen LogP contribution in [0.15, 0.2) is 29.3 Å². The lowest BCUT2D eigenvalue weighted by atomic mass is 10.0. The van der Waals surface area contributed by atoms with E-state index in [1.165, 1.54) is 23.2 Å². The van der Waals surface area contributed by atoms with Gasteiger partial charge in [-0.05, 0) is 5.57 Å². The van der Waals surface area contributed by atoms with E-state index in [-0.39, 0.29) is 16.5 Å². The molecule has 0 spiro atoms. The Morgan fingerprint density at radius 3 is 2.84 bits per heavy atom. The van der Waals surface area contributed by atoms with E-state index in [1.54, 1.807) is 0 Å². The first-order valence-corrected chi connectivity index (χ1v) is 8.92. The molecule has 1 aromatic rings. The number of nitrogens with zero attached hydrogens (tertiary/aromatic N) is 2. The number of thioether (sulfide) groups is 1. The second-order valence-electron chi connectivity index (χ2n) is 5.19. The summed E-state index contributed by atoms with van der Waals surface area (Å²) in [4.78, 5) is 40.9. The molecule has 2 unspecified atom stereocenters. The molecule has 0 aromatic carbocycles. The summed E-state index contributed by atoms with van der Waals surface area (Å²) in [5.74, 6) is -2.15. The highest BCUT2D eigenvalue weighted by Gasteiger charge is 2.54. The van der Waals surface area contributed by atoms with Gasteiger partial charge in [0.1, 0.15) is 28.5 Å². The first kappa shape index (κ1) is 17.2. The average Bonchev–Trinajstić information content (AvgIpc) is 3.03. The highest BCUT2D eigenvalue weighted by Crippen LogP contribution is 2.40. The molecule has 1 fully saturated rings. The topological polar surface area (TPSA) is 149 Å². The molecule has 1 saturated heterocycles. The van der Waals surface area contributed by atoms with E-state index in [2.05, 4.69) is 16.9 Å². The Balaban J connectivity index is 1.75. The minimum atomic E-state index is -1.22. The molecular weight excluding hydrogens is 366 g/mol. The van der Waals surface area contributed by atoms with Crippen LogP contribution in [0.3, 0.4) is 0 Å². The summed E-state index contributed by atoms with van der Waals surface area (Å²) in [6, 6.07) is -0.894. The molecule has 2 atom stereocenters. The van der Waals surface area contributed by atoms with Crippen LogP contribution < -0.4 is 11.1 Å². The molecule has 2 aliphatic heterocycles. The van der Waals surface area contributed by atoms with E-state index < -0.39 is 34.9 Å². The van der Waals surface area contributed by atoms with Crippen molar-refractivity contribution in [1.29, 1.82) is 5.41 Å². The van der Waals surface area contributed by atoms with Crippen LogP contribution in [-0.2, 0) is 14.4 Å². The molecule has 1 aromatic heterocycles. The summed E-state index contributed by atoms with van der Waals surface area (Å²) in [5.41, 5.74) is 5.55. The number of aliphatic carboxylic acids is 1. The van der Waals surface area contributed by atoms with Gasteiger partial charge in [-0.3, -0.25) is 19.9 Å². The normalized spacial score (nSPS) is 22.1. The molecule has 2 amide bonds. The van der Waals surface area contributed by atoms with Crippen LogP contribution in [0.25, 0.3) is 0 Å². The van der Waals surface area contributed by atoms with E-state index in [0.717, 1.165) is 16.2 Å². The van der Waals surface area contributed by atoms with Crippen LogP contribution >= 0.6 is 23.1 Å². The van der Waals surface area contributed by atoms with Crippen molar-refractivity contribution in [3.05, 3.63) is 35.0 Å². The lowest BCUT2D eigenvalue weighted by Crippen LogP contribution is -2.71. The van der Waals surface area contributed by atoms with Crippen molar-refractivity contribution in [3.8, 4) is 0 Å². The van der Waals surface area contributed by atoms with Crippen molar-refractivity contribution in [2.24, 2.45) is 0 Å². The van der Waals surface area contributed by atoms with Crippen LogP contribution in [0.2, 0.25) is 0 Å². The third-order valence-corrected chi connectivity index (χ3v) is 5.71. The second-order valence-corrected chi connectivity index (χ2v) is 7.18. The zero-order valence-corrected chi connectivity index (χ0v) is 14.3. The van der Waals surface area contributed by atoms with E-state index in [1.807, 2.05) is 0 Å². The standard InChI is InChI=1S/C14H13N5O4S2/c1-2-5-3-24-12-8(11(21)19(12)9(5)13(22)23)18-10(20)7(15)6-4-25-14(16)17-6/h2,4,8,12,15H,1,3H2,(H2,16,17)(H,18,20)(H,22,23). The minimum Gasteiger partial charge on any atom is -0.477 e. The van der Waals surface area contributed by atoms with E-state index in [0.29, 0.717) is 11.3 Å². The number of thiazole rings is 1. The van der Waals surface area contributed by atoms with Crippen molar-refractivity contribution < 1.29 is 19.5 Å². The highest BCUT2D eigenvalue weighted by molar-refractivity contribution is 8.00. The fourth-order valence-corrected chi connectivity index (χ4v) is 4.43. The van der Waals surface area contributed by atoms with Crippen molar-refractivity contribution in [2.45, 2.75) is 11.4 Å². The van der Waals surface area contributed by atoms with E-state index in [4.69, 9.17) is 11.1 Å². The minimum absolute atomic E-state index is 0.114. The molecule has 130 valence electrons. The SMILES string of the molecule is C=CC1=C(C(=O)O)N2C(=O)C(NC(=O)C(=N)c3csc(N)n3)C2SC1. The number of aromatic nitrogens is 1. The molecule has 0 aliphatic carbocycles. The molecule has 3 rings (SSSR count). The van der Waals surface area contributed by atoms with Gasteiger partial charge in [0, 0.05) is 11.1 Å². The lowest BCUT2D eigenvalue weighted by molar-refractivity contribution is -0.150. The average molecular weight is 379 g/mol. The fourth-order valence-electron chi connectivity index (χ4n) is 2.53. The number of allylic oxidation sites excluding steroid dienone is 1. The maximum atomic E-state index is 12.3. The van der Waals surface area contributed by atoms with Crippen molar-refractivity contribution in [2.75, 3.05) is 11.5 Å². The Morgan fingerprint density at radius 2 is 2.28 bits per heavy atom. The number of carbonyl (C=O) groups is 3. The number of carboxylic acids is 1. The van der Waals surface area contributed by atoms with Crippen LogP contribution in [0, 0.1) is 5.41 Å². The van der Waals surface area contributed by atoms with Gasteiger partial charge in [-0.1, -0.05) is 12.7 Å². The first-order chi connectivity index (χ1) is 11.8. The molecule has 9 nitrogen and oxygen atoms in total. The summed E-state index contributed by atoms with van der Waals surface area (Å²) in [6.45, 7) is 3.57. The number of nitrogens with two attached hydrogens (primary N) is 1. The Morgan fingerprint density at radius 1 is 1.56 bits per heavy atom. The number of rotatable bonds is 5. The Labute approximate surface area is 150 Å². The van der Waals surface area contributed by atoms with E-state index in [9.17, 15) is 19.5 Å². The summed E-state index contributed by atoms with van der Waals surface area (Å²) >= 11 is 2.43. The molecule has 0 radical (unpaired) electrons. The van der Waals surface area contributed by atoms with Crippen molar-refractivity contribution in [1.82, 2.24) is 15.2 Å². The number of β-lactam (4-membered cyclic amide) rings is 1. The molecule has 2 aliphatic rings. The maximum absolute atomic E-state index is 12.3. The first-order valence-electron chi connectivity index (χ1n) is 6.99. The largest absolute Gasteiger partial charge is 0.477 e. The molecule has 11 heteroatoms. The number of fused-ring (bicyclic) bond motifs is 1. The van der Waals surface area contributed by atoms with Gasteiger partial charge < -0.3 is 16.2 Å². The molecule has 5 N–H and O–H groups in total. The number of amides is 2.